The summed E-state index contributed by atoms with van der Waals surface area (Å²) >= 11 is 6.46. The topological polar surface area (TPSA) is 79.5 Å². The van der Waals surface area contributed by atoms with E-state index in [0.29, 0.717) is 10.6 Å². The highest BCUT2D eigenvalue weighted by Crippen LogP contribution is 2.33. The molecular weight excluding hydrogens is 298 g/mol. The lowest BCUT2D eigenvalue weighted by Gasteiger charge is -2.10. The molecule has 0 atom stereocenters. The number of aryl methyl sites for hydroxylation is 1. The summed E-state index contributed by atoms with van der Waals surface area (Å²) in [4.78, 5) is 23.7. The van der Waals surface area contributed by atoms with Crippen LogP contribution >= 0.6 is 23.6 Å². The second kappa shape index (κ2) is 7.20. The lowest BCUT2D eigenvalue weighted by atomic mass is 10.1. The lowest BCUT2D eigenvalue weighted by Crippen LogP contribution is -2.42. The van der Waals surface area contributed by atoms with Crippen molar-refractivity contribution in [3.05, 3.63) is 16.0 Å². The molecule has 8 heteroatoms. The molecule has 6 nitrogen and oxygen atoms in total. The van der Waals surface area contributed by atoms with Crippen molar-refractivity contribution in [2.45, 2.75) is 27.2 Å². The fourth-order valence-corrected chi connectivity index (χ4v) is 3.04. The van der Waals surface area contributed by atoms with Crippen LogP contribution in [0.4, 0.5) is 5.00 Å². The number of carbonyl (C=O) groups excluding carboxylic acids is 2. The molecule has 0 saturated heterocycles. The molecule has 1 amide bonds. The molecule has 1 aromatic heterocycles. The van der Waals surface area contributed by atoms with Crippen LogP contribution < -0.4 is 16.2 Å². The van der Waals surface area contributed by atoms with Gasteiger partial charge in [-0.3, -0.25) is 15.6 Å². The van der Waals surface area contributed by atoms with Crippen molar-refractivity contribution in [2.24, 2.45) is 0 Å². The molecule has 0 bridgehead atoms. The molecule has 0 unspecified atom stereocenters. The van der Waals surface area contributed by atoms with E-state index in [4.69, 9.17) is 17.0 Å². The Kier molecular flexibility index (Phi) is 5.90. The predicted octanol–water partition coefficient (Wildman–Crippen LogP) is 1.74. The van der Waals surface area contributed by atoms with Gasteiger partial charge in [0, 0.05) is 11.8 Å². The Bertz CT molecular complexity index is 540. The monoisotopic (exact) mass is 315 g/mol. The Morgan fingerprint density at radius 1 is 1.35 bits per heavy atom. The average Bonchev–Trinajstić information content (AvgIpc) is 2.71. The van der Waals surface area contributed by atoms with E-state index in [1.54, 1.807) is 0 Å². The van der Waals surface area contributed by atoms with E-state index in [-0.39, 0.29) is 11.0 Å². The van der Waals surface area contributed by atoms with Crippen molar-refractivity contribution in [1.29, 1.82) is 0 Å². The van der Waals surface area contributed by atoms with Gasteiger partial charge in [0.05, 0.1) is 12.7 Å². The normalized spacial score (nSPS) is 9.80. The van der Waals surface area contributed by atoms with Gasteiger partial charge in [-0.25, -0.2) is 4.79 Å². The summed E-state index contributed by atoms with van der Waals surface area (Å²) in [5.41, 5.74) is 6.32. The van der Waals surface area contributed by atoms with Gasteiger partial charge in [-0.1, -0.05) is 6.92 Å². The Morgan fingerprint density at radius 3 is 2.50 bits per heavy atom. The van der Waals surface area contributed by atoms with Crippen LogP contribution in [-0.2, 0) is 16.0 Å². The molecule has 0 spiro atoms. The Morgan fingerprint density at radius 2 is 2.00 bits per heavy atom. The molecule has 0 saturated carbocycles. The summed E-state index contributed by atoms with van der Waals surface area (Å²) in [5.74, 6) is -0.671. The van der Waals surface area contributed by atoms with Gasteiger partial charge in [-0.05, 0) is 31.1 Å². The van der Waals surface area contributed by atoms with Gasteiger partial charge in [-0.15, -0.1) is 11.3 Å². The largest absolute Gasteiger partial charge is 0.465 e. The molecule has 3 N–H and O–H groups in total. The number of amides is 1. The van der Waals surface area contributed by atoms with Crippen molar-refractivity contribution < 1.29 is 14.3 Å². The summed E-state index contributed by atoms with van der Waals surface area (Å²) in [5, 5.41) is 3.71. The number of rotatable bonds is 3. The lowest BCUT2D eigenvalue weighted by molar-refractivity contribution is -0.119. The van der Waals surface area contributed by atoms with Crippen molar-refractivity contribution >= 4 is 45.5 Å². The molecule has 20 heavy (non-hydrogen) atoms. The minimum Gasteiger partial charge on any atom is -0.465 e. The number of ether oxygens (including phenoxy) is 1. The molecule has 0 fully saturated rings. The van der Waals surface area contributed by atoms with Crippen molar-refractivity contribution in [3.63, 3.8) is 0 Å². The van der Waals surface area contributed by atoms with E-state index in [9.17, 15) is 9.59 Å². The zero-order chi connectivity index (χ0) is 15.3. The van der Waals surface area contributed by atoms with Gasteiger partial charge in [0.1, 0.15) is 5.00 Å². The van der Waals surface area contributed by atoms with Crippen LogP contribution in [0.25, 0.3) is 0 Å². The number of carbonyl (C=O) groups is 2. The third-order valence-corrected chi connectivity index (χ3v) is 3.80. The number of hydrazine groups is 1. The number of methoxy groups -OCH3 is 1. The number of thiophene rings is 1. The Balaban J connectivity index is 2.97. The molecule has 0 radical (unpaired) electrons. The van der Waals surface area contributed by atoms with Crippen LogP contribution in [0.3, 0.4) is 0 Å². The third kappa shape index (κ3) is 3.91. The number of hydrogen-bond donors (Lipinski definition) is 3. The maximum absolute atomic E-state index is 11.9. The predicted molar refractivity (Wildman–Crippen MR) is 82.9 cm³/mol. The second-order valence-corrected chi connectivity index (χ2v) is 5.58. The fourth-order valence-electron chi connectivity index (χ4n) is 1.69. The van der Waals surface area contributed by atoms with E-state index < -0.39 is 5.97 Å². The maximum Gasteiger partial charge on any atom is 0.341 e. The standard InChI is InChI=1S/C12H17N3O3S2/c1-5-8-6(2)20-10(9(8)11(17)18-4)13-12(19)15-14-7(3)16/h5H2,1-4H3,(H,14,16)(H2,13,15,19). The first-order valence-corrected chi connectivity index (χ1v) is 7.17. The van der Waals surface area contributed by atoms with E-state index in [1.165, 1.54) is 25.4 Å². The minimum absolute atomic E-state index is 0.203. The number of esters is 1. The summed E-state index contributed by atoms with van der Waals surface area (Å²) < 4.78 is 4.81. The molecular formula is C12H17N3O3S2. The maximum atomic E-state index is 11.9. The summed E-state index contributed by atoms with van der Waals surface area (Å²) in [6.45, 7) is 5.27. The second-order valence-electron chi connectivity index (χ2n) is 3.95. The van der Waals surface area contributed by atoms with E-state index >= 15 is 0 Å². The summed E-state index contributed by atoms with van der Waals surface area (Å²) in [6.07, 6.45) is 0.723. The first kappa shape index (κ1) is 16.4. The molecule has 1 aromatic rings. The van der Waals surface area contributed by atoms with Gasteiger partial charge in [0.25, 0.3) is 0 Å². The highest BCUT2D eigenvalue weighted by atomic mass is 32.1. The number of thiocarbonyl (C=S) groups is 1. The van der Waals surface area contributed by atoms with Gasteiger partial charge < -0.3 is 10.1 Å². The van der Waals surface area contributed by atoms with Crippen molar-refractivity contribution in [1.82, 2.24) is 10.9 Å². The van der Waals surface area contributed by atoms with Crippen LogP contribution in [0.2, 0.25) is 0 Å². The van der Waals surface area contributed by atoms with E-state index in [2.05, 4.69) is 16.2 Å². The third-order valence-electron chi connectivity index (χ3n) is 2.53. The molecule has 0 aliphatic rings. The van der Waals surface area contributed by atoms with E-state index in [1.807, 2.05) is 13.8 Å². The Hall–Kier alpha value is -1.67. The van der Waals surface area contributed by atoms with Gasteiger partial charge >= 0.3 is 5.97 Å². The smallest absolute Gasteiger partial charge is 0.341 e. The SMILES string of the molecule is CCc1c(C)sc(NC(=S)NNC(C)=O)c1C(=O)OC. The summed E-state index contributed by atoms with van der Waals surface area (Å²) in [6, 6.07) is 0. The zero-order valence-corrected chi connectivity index (χ0v) is 13.4. The van der Waals surface area contributed by atoms with Crippen LogP contribution in [0, 0.1) is 6.92 Å². The quantitative estimate of drug-likeness (QED) is 0.448. The molecule has 0 aliphatic carbocycles. The molecule has 0 aliphatic heterocycles. The van der Waals surface area contributed by atoms with Gasteiger partial charge in [0.15, 0.2) is 5.11 Å². The van der Waals surface area contributed by atoms with Crippen molar-refractivity contribution in [3.8, 4) is 0 Å². The highest BCUT2D eigenvalue weighted by molar-refractivity contribution is 7.80. The minimum atomic E-state index is -0.406. The highest BCUT2D eigenvalue weighted by Gasteiger charge is 2.22. The van der Waals surface area contributed by atoms with Gasteiger partial charge in [-0.2, -0.15) is 0 Å². The first-order valence-electron chi connectivity index (χ1n) is 5.94. The summed E-state index contributed by atoms with van der Waals surface area (Å²) in [7, 11) is 1.34. The van der Waals surface area contributed by atoms with Crippen molar-refractivity contribution in [2.75, 3.05) is 12.4 Å². The Labute approximate surface area is 126 Å². The first-order chi connectivity index (χ1) is 9.40. The van der Waals surface area contributed by atoms with Crippen LogP contribution in [-0.4, -0.2) is 24.1 Å². The van der Waals surface area contributed by atoms with E-state index in [0.717, 1.165) is 16.9 Å². The number of anilines is 1. The molecule has 0 aromatic carbocycles. The van der Waals surface area contributed by atoms with Gasteiger partial charge in [0.2, 0.25) is 5.91 Å². The van der Waals surface area contributed by atoms with Crippen LogP contribution in [0.5, 0.6) is 0 Å². The molecule has 110 valence electrons. The average molecular weight is 315 g/mol. The van der Waals surface area contributed by atoms with Crippen LogP contribution in [0.15, 0.2) is 0 Å². The fraction of sp³-hybridized carbons (Fsp3) is 0.417. The zero-order valence-electron chi connectivity index (χ0n) is 11.7. The number of nitrogens with one attached hydrogen (secondary N) is 3. The number of hydrogen-bond acceptors (Lipinski definition) is 5. The van der Waals surface area contributed by atoms with Crippen LogP contribution in [0.1, 0.15) is 34.6 Å². The molecule has 1 rings (SSSR count). The molecule has 1 heterocycles.